The Hall–Kier alpha value is -2.37. The smallest absolute Gasteiger partial charge is 0.251 e. The molecule has 2 aliphatic carbocycles. The van der Waals surface area contributed by atoms with Crippen LogP contribution >= 0.6 is 0 Å². The molecule has 1 aromatic rings. The third-order valence-electron chi connectivity index (χ3n) is 5.76. The molecule has 0 unspecified atom stereocenters. The van der Waals surface area contributed by atoms with E-state index in [1.165, 1.54) is 6.42 Å². The zero-order chi connectivity index (χ0) is 19.2. The quantitative estimate of drug-likeness (QED) is 0.829. The van der Waals surface area contributed by atoms with E-state index in [-0.39, 0.29) is 17.9 Å². The molecule has 0 aromatic heterocycles. The second-order valence-electron chi connectivity index (χ2n) is 7.69. The molecule has 0 saturated heterocycles. The summed E-state index contributed by atoms with van der Waals surface area (Å²) in [6.45, 7) is 0. The van der Waals surface area contributed by atoms with Crippen LogP contribution < -0.4 is 15.7 Å². The van der Waals surface area contributed by atoms with Crippen LogP contribution in [0.3, 0.4) is 0 Å². The number of nitrogens with one attached hydrogen (secondary N) is 2. The summed E-state index contributed by atoms with van der Waals surface area (Å²) in [5.74, 6) is -2.81. The van der Waals surface area contributed by atoms with Crippen molar-refractivity contribution in [1.82, 2.24) is 5.32 Å². The molecule has 0 heterocycles. The number of amides is 2. The number of carbonyl (C=O) groups excluding carboxylic acids is 3. The van der Waals surface area contributed by atoms with Crippen molar-refractivity contribution in [2.24, 2.45) is 11.8 Å². The van der Waals surface area contributed by atoms with Gasteiger partial charge in [0, 0.05) is 35.1 Å². The average Bonchev–Trinajstić information content (AvgIpc) is 2.69. The summed E-state index contributed by atoms with van der Waals surface area (Å²) in [7, 11) is 0. The van der Waals surface area contributed by atoms with E-state index in [2.05, 4.69) is 10.6 Å². The number of hydrogen-bond donors (Lipinski definition) is 2. The van der Waals surface area contributed by atoms with Crippen LogP contribution in [0.25, 0.3) is 0 Å². The molecule has 2 atom stereocenters. The Morgan fingerprint density at radius 1 is 0.815 bits per heavy atom. The Kier molecular flexibility index (Phi) is 6.48. The van der Waals surface area contributed by atoms with Crippen molar-refractivity contribution < 1.29 is 19.5 Å². The number of carboxylic acids is 1. The lowest BCUT2D eigenvalue weighted by Crippen LogP contribution is -2.42. The second kappa shape index (κ2) is 9.02. The number of carboxylic acid groups (broad SMARTS) is 1. The molecule has 146 valence electrons. The van der Waals surface area contributed by atoms with Crippen LogP contribution in [0.4, 0.5) is 5.69 Å². The highest BCUT2D eigenvalue weighted by molar-refractivity contribution is 5.97. The summed E-state index contributed by atoms with van der Waals surface area (Å²) in [5, 5.41) is 17.1. The molecule has 2 fully saturated rings. The maximum atomic E-state index is 12.5. The van der Waals surface area contributed by atoms with Gasteiger partial charge in [-0.05, 0) is 49.9 Å². The van der Waals surface area contributed by atoms with Gasteiger partial charge in [-0.2, -0.15) is 0 Å². The normalized spacial score (nSPS) is 23.4. The monoisotopic (exact) mass is 371 g/mol. The zero-order valence-electron chi connectivity index (χ0n) is 15.5. The maximum absolute atomic E-state index is 12.5. The summed E-state index contributed by atoms with van der Waals surface area (Å²) in [5.41, 5.74) is 1.13. The van der Waals surface area contributed by atoms with Gasteiger partial charge in [0.2, 0.25) is 5.91 Å². The molecule has 2 aliphatic rings. The predicted molar refractivity (Wildman–Crippen MR) is 99.9 cm³/mol. The third kappa shape index (κ3) is 5.08. The van der Waals surface area contributed by atoms with Crippen LogP contribution in [0, 0.1) is 11.8 Å². The van der Waals surface area contributed by atoms with Gasteiger partial charge in [-0.1, -0.05) is 32.1 Å². The highest BCUT2D eigenvalue weighted by Crippen LogP contribution is 2.30. The Morgan fingerprint density at radius 2 is 1.41 bits per heavy atom. The Labute approximate surface area is 159 Å². The van der Waals surface area contributed by atoms with E-state index in [0.717, 1.165) is 38.5 Å². The fraction of sp³-hybridized carbons (Fsp3) is 0.571. The molecule has 0 radical (unpaired) electrons. The van der Waals surface area contributed by atoms with Crippen molar-refractivity contribution in [3.05, 3.63) is 29.8 Å². The SMILES string of the molecule is O=C(NC1CCCCC1)c1ccc(NC(=O)[C@H]2CCCC[C@@H]2C(=O)[O-])cc1. The lowest BCUT2D eigenvalue weighted by atomic mass is 9.78. The fourth-order valence-corrected chi connectivity index (χ4v) is 4.18. The van der Waals surface area contributed by atoms with Gasteiger partial charge in [-0.25, -0.2) is 0 Å². The molecule has 2 N–H and O–H groups in total. The molecule has 2 saturated carbocycles. The largest absolute Gasteiger partial charge is 0.550 e. The molecule has 0 aliphatic heterocycles. The van der Waals surface area contributed by atoms with Gasteiger partial charge in [-0.15, -0.1) is 0 Å². The summed E-state index contributed by atoms with van der Waals surface area (Å²) < 4.78 is 0. The summed E-state index contributed by atoms with van der Waals surface area (Å²) >= 11 is 0. The maximum Gasteiger partial charge on any atom is 0.251 e. The van der Waals surface area contributed by atoms with Gasteiger partial charge < -0.3 is 20.5 Å². The first-order chi connectivity index (χ1) is 13.0. The Morgan fingerprint density at radius 3 is 2.04 bits per heavy atom. The number of hydrogen-bond acceptors (Lipinski definition) is 4. The minimum absolute atomic E-state index is 0.0935. The Bertz CT molecular complexity index is 680. The van der Waals surface area contributed by atoms with Gasteiger partial charge in [0.05, 0.1) is 0 Å². The van der Waals surface area contributed by atoms with E-state index in [4.69, 9.17) is 0 Å². The van der Waals surface area contributed by atoms with Gasteiger partial charge >= 0.3 is 0 Å². The van der Waals surface area contributed by atoms with Crippen LogP contribution in [0.15, 0.2) is 24.3 Å². The zero-order valence-corrected chi connectivity index (χ0v) is 15.5. The first kappa shape index (κ1) is 19.4. The van der Waals surface area contributed by atoms with E-state index < -0.39 is 17.8 Å². The van der Waals surface area contributed by atoms with Crippen LogP contribution in [-0.2, 0) is 9.59 Å². The topological polar surface area (TPSA) is 98.3 Å². The van der Waals surface area contributed by atoms with E-state index in [0.29, 0.717) is 24.1 Å². The van der Waals surface area contributed by atoms with Crippen LogP contribution in [-0.4, -0.2) is 23.8 Å². The molecule has 0 bridgehead atoms. The summed E-state index contributed by atoms with van der Waals surface area (Å²) in [6, 6.07) is 6.99. The number of aliphatic carboxylic acids is 1. The Balaban J connectivity index is 1.57. The van der Waals surface area contributed by atoms with E-state index in [9.17, 15) is 19.5 Å². The molecule has 3 rings (SSSR count). The number of anilines is 1. The second-order valence-corrected chi connectivity index (χ2v) is 7.69. The highest BCUT2D eigenvalue weighted by Gasteiger charge is 2.31. The molecule has 0 spiro atoms. The van der Waals surface area contributed by atoms with Crippen molar-refractivity contribution in [3.8, 4) is 0 Å². The van der Waals surface area contributed by atoms with Crippen LogP contribution in [0.5, 0.6) is 0 Å². The molecule has 1 aromatic carbocycles. The number of carbonyl (C=O) groups is 3. The average molecular weight is 371 g/mol. The van der Waals surface area contributed by atoms with Crippen molar-refractivity contribution >= 4 is 23.5 Å². The minimum Gasteiger partial charge on any atom is -0.550 e. The number of benzene rings is 1. The molecule has 2 amide bonds. The highest BCUT2D eigenvalue weighted by atomic mass is 16.4. The van der Waals surface area contributed by atoms with Gasteiger partial charge in [0.1, 0.15) is 0 Å². The van der Waals surface area contributed by atoms with Gasteiger partial charge in [0.15, 0.2) is 0 Å². The first-order valence-corrected chi connectivity index (χ1v) is 9.97. The first-order valence-electron chi connectivity index (χ1n) is 9.97. The molecular weight excluding hydrogens is 344 g/mol. The summed E-state index contributed by atoms with van der Waals surface area (Å²) in [4.78, 5) is 36.1. The van der Waals surface area contributed by atoms with Crippen molar-refractivity contribution in [1.29, 1.82) is 0 Å². The molecule has 6 nitrogen and oxygen atoms in total. The molecule has 27 heavy (non-hydrogen) atoms. The number of rotatable bonds is 5. The fourth-order valence-electron chi connectivity index (χ4n) is 4.18. The summed E-state index contributed by atoms with van der Waals surface area (Å²) in [6.07, 6.45) is 8.32. The molecular formula is C21H27N2O4-. The van der Waals surface area contributed by atoms with Crippen molar-refractivity contribution in [2.45, 2.75) is 63.8 Å². The lowest BCUT2D eigenvalue weighted by Gasteiger charge is -2.31. The molecule has 6 heteroatoms. The van der Waals surface area contributed by atoms with Gasteiger partial charge in [-0.3, -0.25) is 9.59 Å². The van der Waals surface area contributed by atoms with Gasteiger partial charge in [0.25, 0.3) is 5.91 Å². The minimum atomic E-state index is -1.15. The van der Waals surface area contributed by atoms with Crippen molar-refractivity contribution in [2.75, 3.05) is 5.32 Å². The van der Waals surface area contributed by atoms with Crippen LogP contribution in [0.1, 0.15) is 68.1 Å². The lowest BCUT2D eigenvalue weighted by molar-refractivity contribution is -0.313. The standard InChI is InChI=1S/C21H28N2O4/c24-19(22-15-6-2-1-3-7-15)14-10-12-16(13-11-14)23-20(25)17-8-4-5-9-18(17)21(26)27/h10-13,15,17-18H,1-9H2,(H,22,24)(H,23,25)(H,26,27)/p-1/t17-,18-/m0/s1. The predicted octanol–water partition coefficient (Wildman–Crippen LogP) is 2.24. The van der Waals surface area contributed by atoms with Crippen LogP contribution in [0.2, 0.25) is 0 Å². The van der Waals surface area contributed by atoms with E-state index in [1.807, 2.05) is 0 Å². The van der Waals surface area contributed by atoms with Crippen molar-refractivity contribution in [3.63, 3.8) is 0 Å². The van der Waals surface area contributed by atoms with E-state index >= 15 is 0 Å². The third-order valence-corrected chi connectivity index (χ3v) is 5.76. The van der Waals surface area contributed by atoms with E-state index in [1.54, 1.807) is 24.3 Å².